The van der Waals surface area contributed by atoms with E-state index in [1.165, 1.54) is 31.5 Å². The van der Waals surface area contributed by atoms with Crippen molar-refractivity contribution in [2.45, 2.75) is 32.2 Å². The summed E-state index contributed by atoms with van der Waals surface area (Å²) >= 11 is 0. The Morgan fingerprint density at radius 1 is 1.25 bits per heavy atom. The molecule has 2 rings (SSSR count). The first-order valence-corrected chi connectivity index (χ1v) is 6.00. The van der Waals surface area contributed by atoms with Gasteiger partial charge in [0.25, 0.3) is 0 Å². The molecule has 2 heteroatoms. The average molecular weight is 214 g/mol. The number of benzene rings is 1. The van der Waals surface area contributed by atoms with Crippen molar-refractivity contribution in [1.29, 1.82) is 5.26 Å². The van der Waals surface area contributed by atoms with Crippen LogP contribution in [0.3, 0.4) is 0 Å². The highest BCUT2D eigenvalue weighted by Gasteiger charge is 2.11. The van der Waals surface area contributed by atoms with E-state index < -0.39 is 0 Å². The lowest BCUT2D eigenvalue weighted by atomic mass is 10.0. The van der Waals surface area contributed by atoms with Gasteiger partial charge in [-0.15, -0.1) is 0 Å². The molecule has 0 radical (unpaired) electrons. The summed E-state index contributed by atoms with van der Waals surface area (Å²) in [6, 6.07) is 10.7. The first kappa shape index (κ1) is 11.2. The SMILES string of the molecule is C[C@@H](C#N)c1ccc(CN2CCCC2)cc1. The summed E-state index contributed by atoms with van der Waals surface area (Å²) in [5.41, 5.74) is 2.48. The van der Waals surface area contributed by atoms with Crippen LogP contribution < -0.4 is 0 Å². The molecule has 0 bridgehead atoms. The topological polar surface area (TPSA) is 27.0 Å². The average Bonchev–Trinajstić information content (AvgIpc) is 2.82. The molecule has 0 N–H and O–H groups in total. The summed E-state index contributed by atoms with van der Waals surface area (Å²) in [6.07, 6.45) is 2.67. The van der Waals surface area contributed by atoms with Crippen molar-refractivity contribution in [3.8, 4) is 6.07 Å². The Bertz CT molecular complexity index is 369. The van der Waals surface area contributed by atoms with Crippen LogP contribution in [-0.4, -0.2) is 18.0 Å². The Balaban J connectivity index is 1.99. The molecular weight excluding hydrogens is 196 g/mol. The number of hydrogen-bond acceptors (Lipinski definition) is 2. The fourth-order valence-electron chi connectivity index (χ4n) is 2.19. The first-order chi connectivity index (χ1) is 7.79. The number of hydrogen-bond donors (Lipinski definition) is 0. The summed E-state index contributed by atoms with van der Waals surface area (Å²) in [4.78, 5) is 2.49. The van der Waals surface area contributed by atoms with Crippen molar-refractivity contribution in [3.63, 3.8) is 0 Å². The van der Waals surface area contributed by atoms with Crippen molar-refractivity contribution in [2.24, 2.45) is 0 Å². The lowest BCUT2D eigenvalue weighted by Crippen LogP contribution is -2.18. The van der Waals surface area contributed by atoms with Crippen molar-refractivity contribution < 1.29 is 0 Å². The van der Waals surface area contributed by atoms with Gasteiger partial charge in [0.2, 0.25) is 0 Å². The van der Waals surface area contributed by atoms with Crippen LogP contribution in [0.15, 0.2) is 24.3 Å². The van der Waals surface area contributed by atoms with E-state index in [2.05, 4.69) is 35.2 Å². The molecule has 0 spiro atoms. The molecular formula is C14H18N2. The zero-order chi connectivity index (χ0) is 11.4. The molecule has 1 atom stereocenters. The summed E-state index contributed by atoms with van der Waals surface area (Å²) in [6.45, 7) is 5.46. The first-order valence-electron chi connectivity index (χ1n) is 6.00. The second-order valence-electron chi connectivity index (χ2n) is 4.58. The van der Waals surface area contributed by atoms with Crippen molar-refractivity contribution in [1.82, 2.24) is 4.90 Å². The molecule has 0 amide bonds. The Morgan fingerprint density at radius 3 is 2.44 bits per heavy atom. The highest BCUT2D eigenvalue weighted by atomic mass is 15.1. The fraction of sp³-hybridized carbons (Fsp3) is 0.500. The largest absolute Gasteiger partial charge is 0.299 e. The van der Waals surface area contributed by atoms with E-state index >= 15 is 0 Å². The third-order valence-corrected chi connectivity index (χ3v) is 3.28. The third kappa shape index (κ3) is 2.62. The molecule has 1 aliphatic heterocycles. The molecule has 0 aliphatic carbocycles. The van der Waals surface area contributed by atoms with Gasteiger partial charge in [0.05, 0.1) is 12.0 Å². The highest BCUT2D eigenvalue weighted by molar-refractivity contribution is 5.28. The lowest BCUT2D eigenvalue weighted by Gasteiger charge is -2.14. The van der Waals surface area contributed by atoms with Gasteiger partial charge in [0, 0.05) is 6.54 Å². The van der Waals surface area contributed by atoms with Crippen LogP contribution in [-0.2, 0) is 6.54 Å². The Morgan fingerprint density at radius 2 is 1.88 bits per heavy atom. The van der Waals surface area contributed by atoms with Crippen LogP contribution >= 0.6 is 0 Å². The summed E-state index contributed by atoms with van der Waals surface area (Å²) in [7, 11) is 0. The molecule has 1 aliphatic rings. The van der Waals surface area contributed by atoms with E-state index in [1.807, 2.05) is 6.92 Å². The Hall–Kier alpha value is -1.33. The number of rotatable bonds is 3. The van der Waals surface area contributed by atoms with Crippen LogP contribution in [0.4, 0.5) is 0 Å². The van der Waals surface area contributed by atoms with Crippen LogP contribution in [0.25, 0.3) is 0 Å². The van der Waals surface area contributed by atoms with E-state index in [9.17, 15) is 0 Å². The summed E-state index contributed by atoms with van der Waals surface area (Å²) < 4.78 is 0. The number of likely N-dealkylation sites (tertiary alicyclic amines) is 1. The molecule has 0 saturated carbocycles. The minimum Gasteiger partial charge on any atom is -0.299 e. The molecule has 84 valence electrons. The van der Waals surface area contributed by atoms with Gasteiger partial charge in [-0.1, -0.05) is 24.3 Å². The second-order valence-corrected chi connectivity index (χ2v) is 4.58. The van der Waals surface area contributed by atoms with Crippen molar-refractivity contribution in [3.05, 3.63) is 35.4 Å². The second kappa shape index (κ2) is 5.14. The van der Waals surface area contributed by atoms with Gasteiger partial charge in [-0.2, -0.15) is 5.26 Å². The molecule has 1 aromatic rings. The normalized spacial score (nSPS) is 18.2. The standard InChI is InChI=1S/C14H18N2/c1-12(10-15)14-6-4-13(5-7-14)11-16-8-2-3-9-16/h4-7,12H,2-3,8-9,11H2,1H3/t12-/m0/s1. The molecule has 1 aromatic carbocycles. The maximum absolute atomic E-state index is 8.83. The minimum atomic E-state index is 0.000775. The zero-order valence-electron chi connectivity index (χ0n) is 9.82. The van der Waals surface area contributed by atoms with E-state index in [0.29, 0.717) is 0 Å². The molecule has 1 saturated heterocycles. The number of nitriles is 1. The molecule has 1 heterocycles. The predicted octanol–water partition coefficient (Wildman–Crippen LogP) is 2.91. The van der Waals surface area contributed by atoms with Crippen molar-refractivity contribution >= 4 is 0 Å². The van der Waals surface area contributed by atoms with E-state index in [0.717, 1.165) is 12.1 Å². The van der Waals surface area contributed by atoms with Gasteiger partial charge < -0.3 is 0 Å². The number of nitrogens with zero attached hydrogens (tertiary/aromatic N) is 2. The van der Waals surface area contributed by atoms with Crippen LogP contribution in [0, 0.1) is 11.3 Å². The molecule has 1 fully saturated rings. The van der Waals surface area contributed by atoms with E-state index in [4.69, 9.17) is 5.26 Å². The molecule has 0 unspecified atom stereocenters. The van der Waals surface area contributed by atoms with E-state index in [-0.39, 0.29) is 5.92 Å². The van der Waals surface area contributed by atoms with Crippen molar-refractivity contribution in [2.75, 3.05) is 13.1 Å². The third-order valence-electron chi connectivity index (χ3n) is 3.28. The van der Waals surface area contributed by atoms with Gasteiger partial charge in [0.1, 0.15) is 0 Å². The quantitative estimate of drug-likeness (QED) is 0.773. The monoisotopic (exact) mass is 214 g/mol. The Labute approximate surface area is 97.5 Å². The van der Waals surface area contributed by atoms with Crippen LogP contribution in [0.2, 0.25) is 0 Å². The summed E-state index contributed by atoms with van der Waals surface area (Å²) in [5, 5.41) is 8.83. The van der Waals surface area contributed by atoms with Gasteiger partial charge in [0.15, 0.2) is 0 Å². The van der Waals surface area contributed by atoms with Gasteiger partial charge in [-0.3, -0.25) is 4.90 Å². The lowest BCUT2D eigenvalue weighted by molar-refractivity contribution is 0.331. The zero-order valence-corrected chi connectivity index (χ0v) is 9.82. The van der Waals surface area contributed by atoms with Crippen LogP contribution in [0.5, 0.6) is 0 Å². The molecule has 16 heavy (non-hydrogen) atoms. The van der Waals surface area contributed by atoms with Gasteiger partial charge >= 0.3 is 0 Å². The summed E-state index contributed by atoms with van der Waals surface area (Å²) in [5.74, 6) is 0.000775. The Kier molecular flexibility index (Phi) is 3.58. The molecule has 0 aromatic heterocycles. The highest BCUT2D eigenvalue weighted by Crippen LogP contribution is 2.17. The fourth-order valence-corrected chi connectivity index (χ4v) is 2.19. The minimum absolute atomic E-state index is 0.000775. The predicted molar refractivity (Wildman–Crippen MR) is 65.0 cm³/mol. The van der Waals surface area contributed by atoms with Gasteiger partial charge in [-0.25, -0.2) is 0 Å². The maximum Gasteiger partial charge on any atom is 0.0700 e. The van der Waals surface area contributed by atoms with Gasteiger partial charge in [-0.05, 0) is 44.0 Å². The maximum atomic E-state index is 8.83. The molecule has 2 nitrogen and oxygen atoms in total. The van der Waals surface area contributed by atoms with Crippen LogP contribution in [0.1, 0.15) is 36.8 Å². The smallest absolute Gasteiger partial charge is 0.0700 e. The van der Waals surface area contributed by atoms with E-state index in [1.54, 1.807) is 0 Å².